The minimum atomic E-state index is -0.0913. The van der Waals surface area contributed by atoms with E-state index in [-0.39, 0.29) is 30.7 Å². The number of nitrogens with one attached hydrogen (secondary N) is 1. The highest BCUT2D eigenvalue weighted by atomic mass is 79.9. The predicted molar refractivity (Wildman–Crippen MR) is 96.3 cm³/mol. The van der Waals surface area contributed by atoms with E-state index in [9.17, 15) is 9.59 Å². The Morgan fingerprint density at radius 2 is 2.00 bits per heavy atom. The van der Waals surface area contributed by atoms with E-state index in [1.54, 1.807) is 0 Å². The van der Waals surface area contributed by atoms with Gasteiger partial charge in [0.25, 0.3) is 0 Å². The van der Waals surface area contributed by atoms with Gasteiger partial charge in [0.05, 0.1) is 12.1 Å². The second-order valence-electron chi connectivity index (χ2n) is 7.03. The van der Waals surface area contributed by atoms with Crippen LogP contribution in [0.15, 0.2) is 28.7 Å². The number of morpholine rings is 1. The molecular weight excluding hydrogens is 386 g/mol. The Hall–Kier alpha value is -1.60. The summed E-state index contributed by atoms with van der Waals surface area (Å²) in [4.78, 5) is 28.2. The van der Waals surface area contributed by atoms with Crippen LogP contribution in [0.3, 0.4) is 0 Å². The van der Waals surface area contributed by atoms with Gasteiger partial charge in [-0.1, -0.05) is 28.1 Å². The van der Waals surface area contributed by atoms with Gasteiger partial charge in [0, 0.05) is 36.6 Å². The minimum absolute atomic E-state index is 0.0368. The van der Waals surface area contributed by atoms with Crippen molar-refractivity contribution < 1.29 is 14.3 Å². The second kappa shape index (κ2) is 6.96. The van der Waals surface area contributed by atoms with Crippen LogP contribution in [-0.4, -0.2) is 66.7 Å². The van der Waals surface area contributed by atoms with E-state index >= 15 is 0 Å². The van der Waals surface area contributed by atoms with E-state index in [0.717, 1.165) is 30.4 Å². The molecule has 0 aromatic heterocycles. The lowest BCUT2D eigenvalue weighted by molar-refractivity contribution is -0.139. The summed E-state index contributed by atoms with van der Waals surface area (Å²) in [6.45, 7) is 2.89. The molecule has 4 rings (SSSR count). The summed E-state index contributed by atoms with van der Waals surface area (Å²) in [5, 5.41) is 2.95. The highest BCUT2D eigenvalue weighted by molar-refractivity contribution is 9.10. The number of ether oxygens (including phenoxy) is 1. The van der Waals surface area contributed by atoms with E-state index < -0.39 is 0 Å². The third-order valence-electron chi connectivity index (χ3n) is 5.37. The number of halogens is 1. The Morgan fingerprint density at radius 1 is 1.20 bits per heavy atom. The standard InChI is InChI=1S/C18H22BrN3O3/c19-14-3-1-2-12(8-14)13-4-6-21(9-13)18(24)22-7-5-16-15(10-22)20-17(23)11-25-16/h1-3,8,13,15-16H,4-7,9-11H2,(H,20,23)/t13?,15?,16-/m0/s1. The second-order valence-corrected chi connectivity index (χ2v) is 7.94. The molecule has 1 aromatic rings. The van der Waals surface area contributed by atoms with Crippen molar-refractivity contribution in [3.8, 4) is 0 Å². The molecule has 0 radical (unpaired) electrons. The number of benzene rings is 1. The molecule has 3 aliphatic rings. The van der Waals surface area contributed by atoms with Crippen LogP contribution in [0.5, 0.6) is 0 Å². The number of nitrogens with zero attached hydrogens (tertiary/aromatic N) is 2. The Morgan fingerprint density at radius 3 is 2.84 bits per heavy atom. The summed E-state index contributed by atoms with van der Waals surface area (Å²) < 4.78 is 6.64. The van der Waals surface area contributed by atoms with E-state index in [1.807, 2.05) is 21.9 Å². The van der Waals surface area contributed by atoms with Crippen LogP contribution < -0.4 is 5.32 Å². The van der Waals surface area contributed by atoms with Crippen molar-refractivity contribution in [2.24, 2.45) is 0 Å². The highest BCUT2D eigenvalue weighted by Crippen LogP contribution is 2.30. The summed E-state index contributed by atoms with van der Waals surface area (Å²) in [5.74, 6) is 0.295. The molecule has 0 aliphatic carbocycles. The normalized spacial score (nSPS) is 29.3. The van der Waals surface area contributed by atoms with Crippen molar-refractivity contribution in [1.82, 2.24) is 15.1 Å². The molecule has 3 atom stereocenters. The van der Waals surface area contributed by atoms with Gasteiger partial charge in [-0.05, 0) is 30.5 Å². The quantitative estimate of drug-likeness (QED) is 0.773. The molecule has 3 aliphatic heterocycles. The zero-order valence-corrected chi connectivity index (χ0v) is 15.6. The molecule has 1 N–H and O–H groups in total. The first-order valence-corrected chi connectivity index (χ1v) is 9.60. The molecule has 0 bridgehead atoms. The fourth-order valence-electron chi connectivity index (χ4n) is 4.04. The number of carbonyl (C=O) groups excluding carboxylic acids is 2. The van der Waals surface area contributed by atoms with Crippen LogP contribution in [0.25, 0.3) is 0 Å². The summed E-state index contributed by atoms with van der Waals surface area (Å²) in [6, 6.07) is 8.33. The van der Waals surface area contributed by atoms with Gasteiger partial charge in [-0.3, -0.25) is 4.79 Å². The fraction of sp³-hybridized carbons (Fsp3) is 0.556. The van der Waals surface area contributed by atoms with Gasteiger partial charge in [-0.2, -0.15) is 0 Å². The van der Waals surface area contributed by atoms with Crippen LogP contribution in [0.4, 0.5) is 4.79 Å². The topological polar surface area (TPSA) is 61.9 Å². The van der Waals surface area contributed by atoms with Crippen LogP contribution in [0.1, 0.15) is 24.3 Å². The van der Waals surface area contributed by atoms with E-state index in [1.165, 1.54) is 5.56 Å². The third-order valence-corrected chi connectivity index (χ3v) is 5.87. The first-order valence-electron chi connectivity index (χ1n) is 8.80. The predicted octanol–water partition coefficient (Wildman–Crippen LogP) is 1.95. The average molecular weight is 408 g/mol. The Labute approximate surface area is 155 Å². The van der Waals surface area contributed by atoms with Crippen molar-refractivity contribution in [3.05, 3.63) is 34.3 Å². The fourth-order valence-corrected chi connectivity index (χ4v) is 4.46. The van der Waals surface area contributed by atoms with Gasteiger partial charge in [-0.25, -0.2) is 4.79 Å². The Kier molecular flexibility index (Phi) is 4.69. The largest absolute Gasteiger partial charge is 0.366 e. The van der Waals surface area contributed by atoms with Crippen molar-refractivity contribution in [2.45, 2.75) is 30.9 Å². The molecule has 134 valence electrons. The smallest absolute Gasteiger partial charge is 0.320 e. The first kappa shape index (κ1) is 16.8. The SMILES string of the molecule is O=C1CO[C@H]2CCN(C(=O)N3CCC(c4cccc(Br)c4)C3)CC2N1. The highest BCUT2D eigenvalue weighted by Gasteiger charge is 2.38. The monoisotopic (exact) mass is 407 g/mol. The molecule has 6 nitrogen and oxygen atoms in total. The number of rotatable bonds is 1. The first-order chi connectivity index (χ1) is 12.1. The zero-order valence-electron chi connectivity index (χ0n) is 14.0. The van der Waals surface area contributed by atoms with E-state index in [0.29, 0.717) is 19.0 Å². The summed E-state index contributed by atoms with van der Waals surface area (Å²) in [6.07, 6.45) is 1.80. The lowest BCUT2D eigenvalue weighted by Crippen LogP contribution is -2.62. The van der Waals surface area contributed by atoms with Crippen LogP contribution >= 0.6 is 15.9 Å². The Bertz CT molecular complexity index is 683. The molecule has 7 heteroatoms. The van der Waals surface area contributed by atoms with Crippen molar-refractivity contribution in [2.75, 3.05) is 32.8 Å². The van der Waals surface area contributed by atoms with Crippen LogP contribution in [-0.2, 0) is 9.53 Å². The van der Waals surface area contributed by atoms with Crippen LogP contribution in [0, 0.1) is 0 Å². The van der Waals surface area contributed by atoms with Gasteiger partial charge >= 0.3 is 6.03 Å². The molecule has 1 aromatic carbocycles. The summed E-state index contributed by atoms with van der Waals surface area (Å²) >= 11 is 3.52. The lowest BCUT2D eigenvalue weighted by atomic mass is 9.99. The molecule has 3 saturated heterocycles. The molecule has 3 amide bonds. The molecule has 3 heterocycles. The number of urea groups is 1. The van der Waals surface area contributed by atoms with Crippen molar-refractivity contribution in [1.29, 1.82) is 0 Å². The molecule has 2 unspecified atom stereocenters. The van der Waals surface area contributed by atoms with Gasteiger partial charge in [-0.15, -0.1) is 0 Å². The van der Waals surface area contributed by atoms with Gasteiger partial charge in [0.15, 0.2) is 0 Å². The maximum Gasteiger partial charge on any atom is 0.320 e. The van der Waals surface area contributed by atoms with Gasteiger partial charge < -0.3 is 19.9 Å². The average Bonchev–Trinajstić information content (AvgIpc) is 3.10. The molecule has 0 spiro atoms. The maximum atomic E-state index is 12.9. The van der Waals surface area contributed by atoms with E-state index in [2.05, 4.69) is 33.4 Å². The number of amides is 3. The summed E-state index contributed by atoms with van der Waals surface area (Å²) in [7, 11) is 0. The molecule has 0 saturated carbocycles. The minimum Gasteiger partial charge on any atom is -0.366 e. The van der Waals surface area contributed by atoms with Gasteiger partial charge in [0.2, 0.25) is 5.91 Å². The molecule has 3 fully saturated rings. The van der Waals surface area contributed by atoms with E-state index in [4.69, 9.17) is 4.74 Å². The number of piperidine rings is 1. The number of fused-ring (bicyclic) bond motifs is 1. The Balaban J connectivity index is 1.38. The van der Waals surface area contributed by atoms with Crippen LogP contribution in [0.2, 0.25) is 0 Å². The van der Waals surface area contributed by atoms with Crippen molar-refractivity contribution >= 4 is 27.9 Å². The molecule has 25 heavy (non-hydrogen) atoms. The number of carbonyl (C=O) groups is 2. The van der Waals surface area contributed by atoms with Crippen molar-refractivity contribution in [3.63, 3.8) is 0 Å². The lowest BCUT2D eigenvalue weighted by Gasteiger charge is -2.42. The zero-order chi connectivity index (χ0) is 17.4. The number of hydrogen-bond acceptors (Lipinski definition) is 3. The third kappa shape index (κ3) is 3.53. The number of hydrogen-bond donors (Lipinski definition) is 1. The number of likely N-dealkylation sites (tertiary alicyclic amines) is 2. The molecular formula is C18H22BrN3O3. The van der Waals surface area contributed by atoms with Gasteiger partial charge in [0.1, 0.15) is 6.61 Å². The summed E-state index contributed by atoms with van der Waals surface area (Å²) in [5.41, 5.74) is 1.27. The maximum absolute atomic E-state index is 12.9.